The second-order valence-electron chi connectivity index (χ2n) is 9.70. The van der Waals surface area contributed by atoms with Crippen molar-refractivity contribution < 1.29 is 9.15 Å². The van der Waals surface area contributed by atoms with E-state index in [1.165, 1.54) is 32.1 Å². The van der Waals surface area contributed by atoms with Gasteiger partial charge in [0.15, 0.2) is 5.69 Å². The lowest BCUT2D eigenvalue weighted by molar-refractivity contribution is -0.0510. The minimum atomic E-state index is 0.200. The van der Waals surface area contributed by atoms with Crippen LogP contribution in [-0.2, 0) is 17.7 Å². The fourth-order valence-corrected chi connectivity index (χ4v) is 5.31. The van der Waals surface area contributed by atoms with Crippen molar-refractivity contribution in [2.24, 2.45) is 5.92 Å². The summed E-state index contributed by atoms with van der Waals surface area (Å²) in [5.74, 6) is 4.06. The van der Waals surface area contributed by atoms with E-state index in [1.54, 1.807) is 0 Å². The number of aromatic nitrogens is 6. The molecule has 2 unspecified atom stereocenters. The fraction of sp³-hybridized carbons (Fsp3) is 0.667. The molecule has 0 spiro atoms. The average Bonchev–Trinajstić information content (AvgIpc) is 3.49. The maximum atomic E-state index is 5.96. The van der Waals surface area contributed by atoms with Gasteiger partial charge in [-0.25, -0.2) is 9.67 Å². The second-order valence-corrected chi connectivity index (χ2v) is 9.70. The first-order chi connectivity index (χ1) is 15.5. The molecular weight excluding hydrogens is 404 g/mol. The summed E-state index contributed by atoms with van der Waals surface area (Å²) in [7, 11) is 0. The van der Waals surface area contributed by atoms with E-state index in [-0.39, 0.29) is 18.2 Å². The van der Waals surface area contributed by atoms with Gasteiger partial charge in [-0.05, 0) is 64.5 Å². The number of nitrogens with zero attached hydrogens (tertiary/aromatic N) is 6. The molecule has 0 amide bonds. The van der Waals surface area contributed by atoms with Crippen LogP contribution in [0.5, 0.6) is 0 Å². The van der Waals surface area contributed by atoms with Crippen molar-refractivity contribution in [3.8, 4) is 11.5 Å². The molecule has 1 saturated heterocycles. The van der Waals surface area contributed by atoms with E-state index in [4.69, 9.17) is 19.2 Å². The third-order valence-corrected chi connectivity index (χ3v) is 6.79. The van der Waals surface area contributed by atoms with Crippen molar-refractivity contribution in [3.63, 3.8) is 0 Å². The van der Waals surface area contributed by atoms with Gasteiger partial charge in [-0.1, -0.05) is 24.5 Å². The molecule has 2 aliphatic rings. The van der Waals surface area contributed by atoms with Crippen LogP contribution in [0.3, 0.4) is 0 Å². The summed E-state index contributed by atoms with van der Waals surface area (Å²) in [5.41, 5.74) is 0.740. The Balaban J connectivity index is 1.41. The first-order valence-corrected chi connectivity index (χ1v) is 12.1. The lowest BCUT2D eigenvalue weighted by atomic mass is 9.89. The number of furan rings is 1. The highest BCUT2D eigenvalue weighted by atomic mass is 16.5. The molecule has 5 rings (SSSR count). The smallest absolute Gasteiger partial charge is 0.203 e. The monoisotopic (exact) mass is 438 g/mol. The molecule has 4 heterocycles. The van der Waals surface area contributed by atoms with Crippen molar-refractivity contribution in [1.29, 1.82) is 0 Å². The molecule has 3 aromatic heterocycles. The van der Waals surface area contributed by atoms with E-state index in [2.05, 4.69) is 28.8 Å². The van der Waals surface area contributed by atoms with Crippen LogP contribution in [0.15, 0.2) is 22.7 Å². The van der Waals surface area contributed by atoms with E-state index in [9.17, 15) is 0 Å². The van der Waals surface area contributed by atoms with Crippen molar-refractivity contribution in [2.75, 3.05) is 0 Å². The number of hydrogen-bond acceptors (Lipinski definition) is 6. The van der Waals surface area contributed by atoms with Gasteiger partial charge in [-0.2, -0.15) is 0 Å². The Morgan fingerprint density at radius 2 is 1.84 bits per heavy atom. The van der Waals surface area contributed by atoms with Crippen LogP contribution >= 0.6 is 0 Å². The van der Waals surface area contributed by atoms with Crippen molar-refractivity contribution in [1.82, 2.24) is 29.8 Å². The molecule has 8 nitrogen and oxygen atoms in total. The molecule has 1 aliphatic carbocycles. The Morgan fingerprint density at radius 1 is 1.06 bits per heavy atom. The molecule has 0 radical (unpaired) electrons. The van der Waals surface area contributed by atoms with Crippen LogP contribution < -0.4 is 0 Å². The lowest BCUT2D eigenvalue weighted by Gasteiger charge is -2.32. The predicted molar refractivity (Wildman–Crippen MR) is 120 cm³/mol. The van der Waals surface area contributed by atoms with Crippen LogP contribution in [0, 0.1) is 12.8 Å². The average molecular weight is 439 g/mol. The van der Waals surface area contributed by atoms with E-state index in [0.717, 1.165) is 42.4 Å². The maximum absolute atomic E-state index is 5.96. The summed E-state index contributed by atoms with van der Waals surface area (Å²) in [6.07, 6.45) is 11.5. The summed E-state index contributed by atoms with van der Waals surface area (Å²) in [6, 6.07) is 4.26. The zero-order chi connectivity index (χ0) is 22.1. The summed E-state index contributed by atoms with van der Waals surface area (Å²) in [6.45, 7) is 7.16. The van der Waals surface area contributed by atoms with Crippen LogP contribution in [0.25, 0.3) is 11.5 Å². The molecule has 172 valence electrons. The Labute approximate surface area is 189 Å². The number of rotatable bonds is 6. The SMILES string of the molecule is Cc1ccc(Cc2nc(-c3cn(CC4CCCCC4)nn3)nn2C2CC(C)OC(C)C2)o1. The summed E-state index contributed by atoms with van der Waals surface area (Å²) in [4.78, 5) is 4.91. The van der Waals surface area contributed by atoms with Crippen LogP contribution in [0.2, 0.25) is 0 Å². The third kappa shape index (κ3) is 4.80. The molecule has 3 aromatic rings. The van der Waals surface area contributed by atoms with Gasteiger partial charge < -0.3 is 9.15 Å². The van der Waals surface area contributed by atoms with Crippen LogP contribution in [0.1, 0.15) is 82.2 Å². The van der Waals surface area contributed by atoms with Gasteiger partial charge in [0, 0.05) is 6.54 Å². The fourth-order valence-electron chi connectivity index (χ4n) is 5.31. The first-order valence-electron chi connectivity index (χ1n) is 12.1. The van der Waals surface area contributed by atoms with E-state index in [1.807, 2.05) is 29.9 Å². The van der Waals surface area contributed by atoms with E-state index >= 15 is 0 Å². The topological polar surface area (TPSA) is 83.8 Å². The molecule has 1 aliphatic heterocycles. The van der Waals surface area contributed by atoms with Gasteiger partial charge in [-0.3, -0.25) is 4.68 Å². The van der Waals surface area contributed by atoms with Gasteiger partial charge >= 0.3 is 0 Å². The van der Waals surface area contributed by atoms with Crippen LogP contribution in [0.4, 0.5) is 0 Å². The first kappa shape index (κ1) is 21.4. The van der Waals surface area contributed by atoms with Gasteiger partial charge in [0.1, 0.15) is 17.3 Å². The summed E-state index contributed by atoms with van der Waals surface area (Å²) >= 11 is 0. The molecule has 2 fully saturated rings. The molecule has 0 bridgehead atoms. The van der Waals surface area contributed by atoms with Crippen LogP contribution in [-0.4, -0.2) is 42.0 Å². The number of hydrogen-bond donors (Lipinski definition) is 0. The minimum absolute atomic E-state index is 0.200. The standard InChI is InChI=1S/C24H34N6O2/c1-16-9-10-21(32-16)13-23-25-24(27-30(23)20-11-17(2)31-18(3)12-20)22-15-29(28-26-22)14-19-7-5-4-6-8-19/h9-10,15,17-20H,4-8,11-14H2,1-3H3. The number of aryl methyl sites for hydroxylation is 1. The third-order valence-electron chi connectivity index (χ3n) is 6.79. The molecule has 1 saturated carbocycles. The summed E-state index contributed by atoms with van der Waals surface area (Å²) in [5, 5.41) is 13.7. The van der Waals surface area contributed by atoms with Gasteiger partial charge in [-0.15, -0.1) is 10.2 Å². The maximum Gasteiger partial charge on any atom is 0.203 e. The minimum Gasteiger partial charge on any atom is -0.466 e. The molecule has 8 heteroatoms. The Bertz CT molecular complexity index is 1020. The van der Waals surface area contributed by atoms with Gasteiger partial charge in [0.05, 0.1) is 30.9 Å². The Kier molecular flexibility index (Phi) is 6.13. The molecular formula is C24H34N6O2. The second kappa shape index (κ2) is 9.17. The Hall–Kier alpha value is -2.48. The molecule has 0 N–H and O–H groups in total. The highest BCUT2D eigenvalue weighted by Crippen LogP contribution is 2.31. The van der Waals surface area contributed by atoms with E-state index < -0.39 is 0 Å². The van der Waals surface area contributed by atoms with Crippen molar-refractivity contribution >= 4 is 0 Å². The molecule has 2 atom stereocenters. The number of ether oxygens (including phenoxy) is 1. The van der Waals surface area contributed by atoms with Gasteiger partial charge in [0.25, 0.3) is 0 Å². The van der Waals surface area contributed by atoms with Crippen molar-refractivity contribution in [2.45, 2.75) is 96.9 Å². The molecule has 0 aromatic carbocycles. The summed E-state index contributed by atoms with van der Waals surface area (Å²) < 4.78 is 15.9. The quantitative estimate of drug-likeness (QED) is 0.553. The largest absolute Gasteiger partial charge is 0.466 e. The zero-order valence-corrected chi connectivity index (χ0v) is 19.4. The normalized spacial score (nSPS) is 24.8. The van der Waals surface area contributed by atoms with E-state index in [0.29, 0.717) is 18.2 Å². The highest BCUT2D eigenvalue weighted by molar-refractivity contribution is 5.46. The van der Waals surface area contributed by atoms with Gasteiger partial charge in [0.2, 0.25) is 5.82 Å². The lowest BCUT2D eigenvalue weighted by Crippen LogP contribution is -2.32. The molecule has 32 heavy (non-hydrogen) atoms. The highest BCUT2D eigenvalue weighted by Gasteiger charge is 2.29. The zero-order valence-electron chi connectivity index (χ0n) is 19.4. The van der Waals surface area contributed by atoms with Crippen molar-refractivity contribution in [3.05, 3.63) is 35.7 Å². The predicted octanol–water partition coefficient (Wildman–Crippen LogP) is 4.74. The Morgan fingerprint density at radius 3 is 2.56 bits per heavy atom.